The van der Waals surface area contributed by atoms with Crippen molar-refractivity contribution in [3.63, 3.8) is 0 Å². The third kappa shape index (κ3) is 1.47. The molecule has 0 bridgehead atoms. The Bertz CT molecular complexity index is 236. The van der Waals surface area contributed by atoms with Gasteiger partial charge < -0.3 is 0 Å². The van der Waals surface area contributed by atoms with E-state index >= 15 is 0 Å². The van der Waals surface area contributed by atoms with E-state index in [9.17, 15) is 0 Å². The summed E-state index contributed by atoms with van der Waals surface area (Å²) in [5.41, 5.74) is 3.01. The summed E-state index contributed by atoms with van der Waals surface area (Å²) >= 11 is 0. The van der Waals surface area contributed by atoms with Crippen LogP contribution in [-0.4, -0.2) is 0 Å². The number of fused-ring (bicyclic) bond motifs is 1. The molecule has 0 aliphatic heterocycles. The molecule has 0 heterocycles. The second kappa shape index (κ2) is 3.32. The zero-order chi connectivity index (χ0) is 9.42. The lowest BCUT2D eigenvalue weighted by atomic mass is 9.63. The molecule has 0 amide bonds. The van der Waals surface area contributed by atoms with Crippen LogP contribution in [0.25, 0.3) is 0 Å². The molecule has 3 atom stereocenters. The van der Waals surface area contributed by atoms with Gasteiger partial charge in [0.05, 0.1) is 0 Å². The van der Waals surface area contributed by atoms with Gasteiger partial charge in [0.15, 0.2) is 0 Å². The second-order valence-electron chi connectivity index (χ2n) is 4.86. The number of hydrogen-bond donors (Lipinski definition) is 0. The molecule has 13 heavy (non-hydrogen) atoms. The van der Waals surface area contributed by atoms with E-state index in [0.717, 1.165) is 17.8 Å². The van der Waals surface area contributed by atoms with Crippen molar-refractivity contribution in [3.8, 4) is 0 Å². The van der Waals surface area contributed by atoms with Crippen LogP contribution in [0.2, 0.25) is 0 Å². The Balaban J connectivity index is 2.22. The largest absolute Gasteiger partial charge is 0.0995 e. The van der Waals surface area contributed by atoms with Crippen LogP contribution in [0.5, 0.6) is 0 Å². The van der Waals surface area contributed by atoms with E-state index in [1.54, 1.807) is 0 Å². The molecule has 0 aromatic rings. The first-order valence-electron chi connectivity index (χ1n) is 5.55. The minimum atomic E-state index is 0.773. The molecule has 2 fully saturated rings. The van der Waals surface area contributed by atoms with E-state index in [1.807, 2.05) is 0 Å². The molecule has 0 spiro atoms. The fourth-order valence-corrected chi connectivity index (χ4v) is 3.23. The lowest BCUT2D eigenvalue weighted by Gasteiger charge is -2.42. The van der Waals surface area contributed by atoms with Crippen LogP contribution in [0.4, 0.5) is 0 Å². The highest BCUT2D eigenvalue weighted by atomic mass is 14.4. The van der Waals surface area contributed by atoms with E-state index in [-0.39, 0.29) is 0 Å². The van der Waals surface area contributed by atoms with Crippen LogP contribution in [0.1, 0.15) is 39.0 Å². The molecule has 0 saturated heterocycles. The van der Waals surface area contributed by atoms with Crippen LogP contribution >= 0.6 is 0 Å². The molecular formula is C13H20. The molecule has 72 valence electrons. The van der Waals surface area contributed by atoms with Crippen molar-refractivity contribution in [2.24, 2.45) is 17.8 Å². The molecule has 3 unspecified atom stereocenters. The van der Waals surface area contributed by atoms with E-state index in [1.165, 1.54) is 43.3 Å². The maximum absolute atomic E-state index is 4.24. The van der Waals surface area contributed by atoms with Crippen molar-refractivity contribution in [2.45, 2.75) is 39.0 Å². The normalized spacial score (nSPS) is 40.2. The summed E-state index contributed by atoms with van der Waals surface area (Å²) in [4.78, 5) is 0. The molecule has 0 heteroatoms. The van der Waals surface area contributed by atoms with Crippen molar-refractivity contribution in [1.82, 2.24) is 0 Å². The zero-order valence-electron chi connectivity index (χ0n) is 8.68. The van der Waals surface area contributed by atoms with E-state index in [2.05, 4.69) is 20.1 Å². The molecule has 2 aliphatic carbocycles. The van der Waals surface area contributed by atoms with Crippen molar-refractivity contribution < 1.29 is 0 Å². The van der Waals surface area contributed by atoms with E-state index < -0.39 is 0 Å². The topological polar surface area (TPSA) is 0 Å². The highest BCUT2D eigenvalue weighted by molar-refractivity contribution is 5.21. The average Bonchev–Trinajstić information content (AvgIpc) is 2.12. The summed E-state index contributed by atoms with van der Waals surface area (Å²) in [5.74, 6) is 2.41. The van der Waals surface area contributed by atoms with Gasteiger partial charge in [-0.3, -0.25) is 0 Å². The Kier molecular flexibility index (Phi) is 2.31. The Labute approximate surface area is 81.7 Å². The van der Waals surface area contributed by atoms with Gasteiger partial charge in [0.1, 0.15) is 0 Å². The molecule has 0 radical (unpaired) electrons. The van der Waals surface area contributed by atoms with Crippen molar-refractivity contribution in [2.75, 3.05) is 0 Å². The predicted octanol–water partition coefficient (Wildman–Crippen LogP) is 3.95. The van der Waals surface area contributed by atoms with Gasteiger partial charge in [0, 0.05) is 0 Å². The molecule has 2 saturated carbocycles. The number of rotatable bonds is 0. The van der Waals surface area contributed by atoms with Gasteiger partial charge in [0.25, 0.3) is 0 Å². The highest BCUT2D eigenvalue weighted by Gasteiger charge is 2.36. The van der Waals surface area contributed by atoms with Crippen LogP contribution in [0.3, 0.4) is 0 Å². The van der Waals surface area contributed by atoms with Gasteiger partial charge in [-0.2, -0.15) is 0 Å². The monoisotopic (exact) mass is 176 g/mol. The van der Waals surface area contributed by atoms with Crippen molar-refractivity contribution in [1.29, 1.82) is 0 Å². The predicted molar refractivity (Wildman–Crippen MR) is 57.5 cm³/mol. The van der Waals surface area contributed by atoms with Gasteiger partial charge in [0.2, 0.25) is 0 Å². The molecule has 0 aromatic heterocycles. The fraction of sp³-hybridized carbons (Fsp3) is 0.692. The van der Waals surface area contributed by atoms with Crippen molar-refractivity contribution >= 4 is 0 Å². The third-order valence-corrected chi connectivity index (χ3v) is 3.98. The van der Waals surface area contributed by atoms with Gasteiger partial charge >= 0.3 is 0 Å². The Morgan fingerprint density at radius 1 is 1.08 bits per heavy atom. The molecule has 2 rings (SSSR count). The van der Waals surface area contributed by atoms with Gasteiger partial charge in [-0.1, -0.05) is 44.1 Å². The van der Waals surface area contributed by atoms with Crippen molar-refractivity contribution in [3.05, 3.63) is 24.3 Å². The first-order valence-corrected chi connectivity index (χ1v) is 5.55. The summed E-state index contributed by atoms with van der Waals surface area (Å²) in [6.45, 7) is 10.9. The number of hydrogen-bond acceptors (Lipinski definition) is 0. The minimum Gasteiger partial charge on any atom is -0.0995 e. The Hall–Kier alpha value is -0.520. The fourth-order valence-electron chi connectivity index (χ4n) is 3.23. The summed E-state index contributed by atoms with van der Waals surface area (Å²) in [5, 5.41) is 0. The molecule has 0 aromatic carbocycles. The highest BCUT2D eigenvalue weighted by Crippen LogP contribution is 2.47. The maximum Gasteiger partial charge on any atom is -0.0115 e. The van der Waals surface area contributed by atoms with Gasteiger partial charge in [-0.25, -0.2) is 0 Å². The van der Waals surface area contributed by atoms with E-state index in [4.69, 9.17) is 0 Å². The zero-order valence-corrected chi connectivity index (χ0v) is 8.68. The standard InChI is InChI=1S/C13H20/c1-9-7-8-11(3)13-10(2)5-4-6-12(9)13/h10,12-13H,1,3-8H2,2H3. The Morgan fingerprint density at radius 2 is 1.77 bits per heavy atom. The Morgan fingerprint density at radius 3 is 2.46 bits per heavy atom. The quantitative estimate of drug-likeness (QED) is 0.490. The average molecular weight is 176 g/mol. The molecule has 2 aliphatic rings. The molecular weight excluding hydrogens is 156 g/mol. The number of allylic oxidation sites excluding steroid dienone is 2. The SMILES string of the molecule is C=C1CCC(=C)C2C(C)CCCC12. The maximum atomic E-state index is 4.24. The smallest absolute Gasteiger partial charge is 0.0115 e. The van der Waals surface area contributed by atoms with E-state index in [0.29, 0.717) is 0 Å². The van der Waals surface area contributed by atoms with Gasteiger partial charge in [-0.15, -0.1) is 0 Å². The van der Waals surface area contributed by atoms with Crippen LogP contribution in [0, 0.1) is 17.8 Å². The van der Waals surface area contributed by atoms with Crippen LogP contribution in [0.15, 0.2) is 24.3 Å². The first-order chi connectivity index (χ1) is 6.20. The summed E-state index contributed by atoms with van der Waals surface area (Å²) in [6.07, 6.45) is 6.56. The first kappa shape index (κ1) is 9.05. The minimum absolute atomic E-state index is 0.773. The van der Waals surface area contributed by atoms with Gasteiger partial charge in [-0.05, 0) is 37.0 Å². The summed E-state index contributed by atoms with van der Waals surface area (Å²) in [6, 6.07) is 0. The summed E-state index contributed by atoms with van der Waals surface area (Å²) in [7, 11) is 0. The summed E-state index contributed by atoms with van der Waals surface area (Å²) < 4.78 is 0. The molecule has 0 N–H and O–H groups in total. The second-order valence-corrected chi connectivity index (χ2v) is 4.86. The van der Waals surface area contributed by atoms with Crippen LogP contribution in [-0.2, 0) is 0 Å². The lowest BCUT2D eigenvalue weighted by molar-refractivity contribution is 0.205. The molecule has 0 nitrogen and oxygen atoms in total. The lowest BCUT2D eigenvalue weighted by Crippen LogP contribution is -2.32. The third-order valence-electron chi connectivity index (χ3n) is 3.98. The van der Waals surface area contributed by atoms with Crippen LogP contribution < -0.4 is 0 Å².